The fourth-order valence-electron chi connectivity index (χ4n) is 2.01. The summed E-state index contributed by atoms with van der Waals surface area (Å²) in [6, 6.07) is 13.4. The predicted molar refractivity (Wildman–Crippen MR) is 106 cm³/mol. The minimum Gasteiger partial charge on any atom is -0.491 e. The van der Waals surface area contributed by atoms with Crippen molar-refractivity contribution in [3.8, 4) is 5.75 Å². The van der Waals surface area contributed by atoms with Crippen LogP contribution < -0.4 is 10.1 Å². The second kappa shape index (κ2) is 9.70. The van der Waals surface area contributed by atoms with Gasteiger partial charge in [-0.15, -0.1) is 11.8 Å². The molecule has 0 saturated heterocycles. The van der Waals surface area contributed by atoms with Gasteiger partial charge >= 0.3 is 0 Å². The Morgan fingerprint density at radius 3 is 2.56 bits per heavy atom. The maximum absolute atomic E-state index is 12.1. The van der Waals surface area contributed by atoms with Crippen molar-refractivity contribution < 1.29 is 9.53 Å². The number of thioether (sulfide) groups is 1. The molecule has 0 fully saturated rings. The summed E-state index contributed by atoms with van der Waals surface area (Å²) in [6.45, 7) is 3.41. The molecule has 2 aromatic rings. The normalized spacial score (nSPS) is 10.8. The average molecular weight is 379 g/mol. The molecular formula is C19H23ClN2O2S. The first-order chi connectivity index (χ1) is 11.9. The summed E-state index contributed by atoms with van der Waals surface area (Å²) in [5.74, 6) is 0.903. The van der Waals surface area contributed by atoms with Gasteiger partial charge in [0.2, 0.25) is 5.91 Å². The number of amides is 1. The first-order valence-corrected chi connectivity index (χ1v) is 9.37. The van der Waals surface area contributed by atoms with Crippen LogP contribution in [0.3, 0.4) is 0 Å². The number of hydrogen-bond acceptors (Lipinski definition) is 4. The Labute approximate surface area is 158 Å². The lowest BCUT2D eigenvalue weighted by molar-refractivity contribution is -0.113. The smallest absolute Gasteiger partial charge is 0.234 e. The highest BCUT2D eigenvalue weighted by Crippen LogP contribution is 2.28. The molecule has 0 aliphatic rings. The Kier molecular flexibility index (Phi) is 7.62. The molecule has 134 valence electrons. The number of rotatable bonds is 8. The third-order valence-corrected chi connectivity index (χ3v) is 4.71. The first-order valence-electron chi connectivity index (χ1n) is 8.00. The number of nitrogens with one attached hydrogen (secondary N) is 1. The number of hydrogen-bond donors (Lipinski definition) is 1. The van der Waals surface area contributed by atoms with E-state index >= 15 is 0 Å². The second-order valence-electron chi connectivity index (χ2n) is 5.95. The predicted octanol–water partition coefficient (Wildman–Crippen LogP) is 4.32. The number of carbonyl (C=O) groups excluding carboxylic acids is 1. The summed E-state index contributed by atoms with van der Waals surface area (Å²) in [7, 11) is 3.97. The molecule has 1 amide bonds. The summed E-state index contributed by atoms with van der Waals surface area (Å²) < 4.78 is 5.63. The molecule has 0 spiro atoms. The monoisotopic (exact) mass is 378 g/mol. The minimum absolute atomic E-state index is 0.0667. The molecule has 1 N–H and O–H groups in total. The van der Waals surface area contributed by atoms with Gasteiger partial charge in [0, 0.05) is 17.1 Å². The number of carbonyl (C=O) groups is 1. The van der Waals surface area contributed by atoms with Gasteiger partial charge in [0.05, 0.1) is 10.8 Å². The van der Waals surface area contributed by atoms with E-state index in [2.05, 4.69) is 5.32 Å². The largest absolute Gasteiger partial charge is 0.491 e. The van der Waals surface area contributed by atoms with E-state index in [-0.39, 0.29) is 5.91 Å². The Hall–Kier alpha value is -1.69. The van der Waals surface area contributed by atoms with Gasteiger partial charge < -0.3 is 15.0 Å². The molecular weight excluding hydrogens is 356 g/mol. The molecule has 0 aliphatic heterocycles. The Bertz CT molecular complexity index is 705. The van der Waals surface area contributed by atoms with Crippen LogP contribution in [-0.4, -0.2) is 43.8 Å². The van der Waals surface area contributed by atoms with Gasteiger partial charge in [-0.2, -0.15) is 0 Å². The molecule has 0 atom stereocenters. The highest BCUT2D eigenvalue weighted by molar-refractivity contribution is 8.00. The van der Waals surface area contributed by atoms with Crippen molar-refractivity contribution in [3.05, 3.63) is 53.1 Å². The van der Waals surface area contributed by atoms with Crippen LogP contribution in [0, 0.1) is 6.92 Å². The molecule has 25 heavy (non-hydrogen) atoms. The van der Waals surface area contributed by atoms with Crippen molar-refractivity contribution in [2.24, 2.45) is 0 Å². The number of halogens is 1. The van der Waals surface area contributed by atoms with E-state index in [1.807, 2.05) is 50.2 Å². The number of likely N-dealkylation sites (N-methyl/N-ethyl adjacent to an activating group) is 1. The maximum Gasteiger partial charge on any atom is 0.234 e. The fourth-order valence-corrected chi connectivity index (χ4v) is 2.95. The molecule has 0 saturated carbocycles. The lowest BCUT2D eigenvalue weighted by Crippen LogP contribution is -2.19. The van der Waals surface area contributed by atoms with E-state index in [1.54, 1.807) is 18.2 Å². The van der Waals surface area contributed by atoms with Gasteiger partial charge in [0.1, 0.15) is 12.4 Å². The van der Waals surface area contributed by atoms with Crippen molar-refractivity contribution in [2.45, 2.75) is 11.8 Å². The zero-order valence-electron chi connectivity index (χ0n) is 14.7. The molecule has 4 nitrogen and oxygen atoms in total. The van der Waals surface area contributed by atoms with Crippen LogP contribution in [0.25, 0.3) is 0 Å². The van der Waals surface area contributed by atoms with Crippen LogP contribution in [0.1, 0.15) is 5.56 Å². The third-order valence-electron chi connectivity index (χ3n) is 3.40. The highest BCUT2D eigenvalue weighted by atomic mass is 35.5. The molecule has 2 aromatic carbocycles. The number of benzene rings is 2. The van der Waals surface area contributed by atoms with Crippen LogP contribution in [0.5, 0.6) is 5.75 Å². The van der Waals surface area contributed by atoms with Gasteiger partial charge in [0.25, 0.3) is 0 Å². The van der Waals surface area contributed by atoms with Crippen molar-refractivity contribution in [2.75, 3.05) is 38.3 Å². The van der Waals surface area contributed by atoms with Gasteiger partial charge in [0.15, 0.2) is 0 Å². The minimum atomic E-state index is -0.0667. The second-order valence-corrected chi connectivity index (χ2v) is 7.40. The lowest BCUT2D eigenvalue weighted by Gasteiger charge is -2.13. The number of aryl methyl sites for hydroxylation is 1. The molecule has 2 rings (SSSR count). The maximum atomic E-state index is 12.1. The Morgan fingerprint density at radius 1 is 1.20 bits per heavy atom. The SMILES string of the molecule is Cc1ccc(SCC(=O)Nc2ccc(OCCN(C)C)c(Cl)c2)cc1. The van der Waals surface area contributed by atoms with Crippen molar-refractivity contribution in [1.29, 1.82) is 0 Å². The first kappa shape index (κ1) is 19.6. The Morgan fingerprint density at radius 2 is 1.92 bits per heavy atom. The van der Waals surface area contributed by atoms with Crippen LogP contribution in [0.15, 0.2) is 47.4 Å². The summed E-state index contributed by atoms with van der Waals surface area (Å²) >= 11 is 7.72. The lowest BCUT2D eigenvalue weighted by atomic mass is 10.2. The quantitative estimate of drug-likeness (QED) is 0.694. The summed E-state index contributed by atoms with van der Waals surface area (Å²) in [5.41, 5.74) is 1.87. The van der Waals surface area contributed by atoms with Crippen LogP contribution in [-0.2, 0) is 4.79 Å². The number of anilines is 1. The summed E-state index contributed by atoms with van der Waals surface area (Å²) in [5, 5.41) is 3.35. The van der Waals surface area contributed by atoms with Gasteiger partial charge in [-0.3, -0.25) is 4.79 Å². The van der Waals surface area contributed by atoms with E-state index in [4.69, 9.17) is 16.3 Å². The third kappa shape index (κ3) is 6.98. The van der Waals surface area contributed by atoms with Gasteiger partial charge in [-0.05, 0) is 51.4 Å². The van der Waals surface area contributed by atoms with Crippen molar-refractivity contribution >= 4 is 35.0 Å². The van der Waals surface area contributed by atoms with E-state index in [0.29, 0.717) is 28.8 Å². The molecule has 0 aromatic heterocycles. The van der Waals surface area contributed by atoms with Crippen molar-refractivity contribution in [1.82, 2.24) is 4.90 Å². The zero-order valence-corrected chi connectivity index (χ0v) is 16.3. The van der Waals surface area contributed by atoms with E-state index in [9.17, 15) is 4.79 Å². The van der Waals surface area contributed by atoms with Crippen LogP contribution in [0.4, 0.5) is 5.69 Å². The van der Waals surface area contributed by atoms with Crippen LogP contribution >= 0.6 is 23.4 Å². The number of nitrogens with zero attached hydrogens (tertiary/aromatic N) is 1. The van der Waals surface area contributed by atoms with Gasteiger partial charge in [-0.25, -0.2) is 0 Å². The summed E-state index contributed by atoms with van der Waals surface area (Å²) in [4.78, 5) is 15.2. The molecule has 0 heterocycles. The van der Waals surface area contributed by atoms with E-state index < -0.39 is 0 Å². The topological polar surface area (TPSA) is 41.6 Å². The highest BCUT2D eigenvalue weighted by Gasteiger charge is 2.07. The van der Waals surface area contributed by atoms with Gasteiger partial charge in [-0.1, -0.05) is 29.3 Å². The fraction of sp³-hybridized carbons (Fsp3) is 0.316. The molecule has 6 heteroatoms. The van der Waals surface area contributed by atoms with Crippen LogP contribution in [0.2, 0.25) is 5.02 Å². The van der Waals surface area contributed by atoms with Crippen molar-refractivity contribution in [3.63, 3.8) is 0 Å². The molecule has 0 aliphatic carbocycles. The zero-order chi connectivity index (χ0) is 18.2. The number of ether oxygens (including phenoxy) is 1. The standard InChI is InChI=1S/C19H23ClN2O2S/c1-14-4-7-16(8-5-14)25-13-19(23)21-15-6-9-18(17(20)12-15)24-11-10-22(2)3/h4-9,12H,10-11,13H2,1-3H3,(H,21,23). The summed E-state index contributed by atoms with van der Waals surface area (Å²) in [6.07, 6.45) is 0. The average Bonchev–Trinajstić information content (AvgIpc) is 2.56. The molecule has 0 radical (unpaired) electrons. The van der Waals surface area contributed by atoms with E-state index in [0.717, 1.165) is 11.4 Å². The van der Waals surface area contributed by atoms with E-state index in [1.165, 1.54) is 17.3 Å². The Balaban J connectivity index is 1.83. The molecule has 0 bridgehead atoms. The molecule has 0 unspecified atom stereocenters.